The molecular formula is C15H25NO3. The Hall–Kier alpha value is -1.10. The number of benzene rings is 1. The SMILES string of the molecule is COc1ccc(CN)cc1COCCC(C)(C)OC. The predicted molar refractivity (Wildman–Crippen MR) is 76.2 cm³/mol. The first-order valence-electron chi connectivity index (χ1n) is 6.51. The number of hydrogen-bond acceptors (Lipinski definition) is 4. The van der Waals surface area contributed by atoms with Gasteiger partial charge < -0.3 is 19.9 Å². The van der Waals surface area contributed by atoms with Crippen LogP contribution in [0.25, 0.3) is 0 Å². The largest absolute Gasteiger partial charge is 0.496 e. The fourth-order valence-corrected chi connectivity index (χ4v) is 1.67. The van der Waals surface area contributed by atoms with Crippen molar-refractivity contribution >= 4 is 0 Å². The van der Waals surface area contributed by atoms with Crippen molar-refractivity contribution < 1.29 is 14.2 Å². The highest BCUT2D eigenvalue weighted by Crippen LogP contribution is 2.21. The van der Waals surface area contributed by atoms with Crippen LogP contribution in [0.5, 0.6) is 5.75 Å². The molecule has 0 saturated carbocycles. The first-order valence-corrected chi connectivity index (χ1v) is 6.51. The van der Waals surface area contributed by atoms with Crippen molar-refractivity contribution in [1.82, 2.24) is 0 Å². The van der Waals surface area contributed by atoms with Crippen LogP contribution >= 0.6 is 0 Å². The Morgan fingerprint density at radius 1 is 1.21 bits per heavy atom. The molecule has 0 aromatic heterocycles. The number of ether oxygens (including phenoxy) is 3. The molecular weight excluding hydrogens is 242 g/mol. The lowest BCUT2D eigenvalue weighted by atomic mass is 10.1. The lowest BCUT2D eigenvalue weighted by Gasteiger charge is -2.22. The molecule has 4 heteroatoms. The van der Waals surface area contributed by atoms with Gasteiger partial charge in [0.1, 0.15) is 5.75 Å². The Bertz CT molecular complexity index is 391. The molecule has 0 aliphatic rings. The Morgan fingerprint density at radius 3 is 2.53 bits per heavy atom. The van der Waals surface area contributed by atoms with Crippen LogP contribution in [-0.4, -0.2) is 26.4 Å². The van der Waals surface area contributed by atoms with Crippen LogP contribution < -0.4 is 10.5 Å². The summed E-state index contributed by atoms with van der Waals surface area (Å²) in [5.41, 5.74) is 7.60. The van der Waals surface area contributed by atoms with Crippen LogP contribution in [0, 0.1) is 0 Å². The second kappa shape index (κ2) is 7.48. The van der Waals surface area contributed by atoms with Crippen molar-refractivity contribution in [2.75, 3.05) is 20.8 Å². The van der Waals surface area contributed by atoms with Crippen LogP contribution in [0.4, 0.5) is 0 Å². The van der Waals surface area contributed by atoms with Crippen molar-refractivity contribution in [3.8, 4) is 5.75 Å². The summed E-state index contributed by atoms with van der Waals surface area (Å²) in [6.45, 7) is 5.79. The summed E-state index contributed by atoms with van der Waals surface area (Å²) in [6.07, 6.45) is 0.850. The van der Waals surface area contributed by atoms with Gasteiger partial charge in [0.25, 0.3) is 0 Å². The molecule has 0 heterocycles. The summed E-state index contributed by atoms with van der Waals surface area (Å²) in [4.78, 5) is 0. The van der Waals surface area contributed by atoms with E-state index in [1.807, 2.05) is 32.0 Å². The van der Waals surface area contributed by atoms with Crippen molar-refractivity contribution in [3.63, 3.8) is 0 Å². The Morgan fingerprint density at radius 2 is 1.95 bits per heavy atom. The Labute approximate surface area is 115 Å². The van der Waals surface area contributed by atoms with Crippen molar-refractivity contribution in [3.05, 3.63) is 29.3 Å². The van der Waals surface area contributed by atoms with Crippen molar-refractivity contribution in [2.24, 2.45) is 5.73 Å². The number of rotatable bonds is 8. The van der Waals surface area contributed by atoms with Crippen LogP contribution in [-0.2, 0) is 22.6 Å². The molecule has 1 aromatic carbocycles. The fourth-order valence-electron chi connectivity index (χ4n) is 1.67. The van der Waals surface area contributed by atoms with Gasteiger partial charge in [0, 0.05) is 25.8 Å². The number of hydrogen-bond donors (Lipinski definition) is 1. The summed E-state index contributed by atoms with van der Waals surface area (Å²) in [5, 5.41) is 0. The normalized spacial score (nSPS) is 11.6. The van der Waals surface area contributed by atoms with E-state index in [9.17, 15) is 0 Å². The first-order chi connectivity index (χ1) is 9.02. The molecule has 19 heavy (non-hydrogen) atoms. The average Bonchev–Trinajstić information content (AvgIpc) is 2.43. The summed E-state index contributed by atoms with van der Waals surface area (Å²) in [7, 11) is 3.38. The second-order valence-electron chi connectivity index (χ2n) is 5.12. The van der Waals surface area contributed by atoms with Gasteiger partial charge >= 0.3 is 0 Å². The second-order valence-corrected chi connectivity index (χ2v) is 5.12. The van der Waals surface area contributed by atoms with E-state index in [2.05, 4.69) is 0 Å². The monoisotopic (exact) mass is 267 g/mol. The van der Waals surface area contributed by atoms with Gasteiger partial charge in [-0.25, -0.2) is 0 Å². The topological polar surface area (TPSA) is 53.7 Å². The highest BCUT2D eigenvalue weighted by atomic mass is 16.5. The van der Waals surface area contributed by atoms with Crippen LogP contribution in [0.2, 0.25) is 0 Å². The molecule has 0 aliphatic heterocycles. The zero-order valence-corrected chi connectivity index (χ0v) is 12.4. The van der Waals surface area contributed by atoms with E-state index in [1.54, 1.807) is 14.2 Å². The van der Waals surface area contributed by atoms with Crippen LogP contribution in [0.3, 0.4) is 0 Å². The van der Waals surface area contributed by atoms with Gasteiger partial charge in [0.15, 0.2) is 0 Å². The van der Waals surface area contributed by atoms with Gasteiger partial charge in [0.2, 0.25) is 0 Å². The molecule has 0 bridgehead atoms. The van der Waals surface area contributed by atoms with Crippen LogP contribution in [0.15, 0.2) is 18.2 Å². The standard InChI is InChI=1S/C15H25NO3/c1-15(2,18-4)7-8-19-11-13-9-12(10-16)5-6-14(13)17-3/h5-6,9H,7-8,10-11,16H2,1-4H3. The van der Waals surface area contributed by atoms with Crippen LogP contribution in [0.1, 0.15) is 31.4 Å². The quantitative estimate of drug-likeness (QED) is 0.735. The fraction of sp³-hybridized carbons (Fsp3) is 0.600. The third kappa shape index (κ3) is 5.19. The minimum Gasteiger partial charge on any atom is -0.496 e. The smallest absolute Gasteiger partial charge is 0.124 e. The minimum atomic E-state index is -0.150. The Balaban J connectivity index is 2.52. The van der Waals surface area contributed by atoms with Gasteiger partial charge in [-0.15, -0.1) is 0 Å². The van der Waals surface area contributed by atoms with Gasteiger partial charge in [0.05, 0.1) is 19.3 Å². The highest BCUT2D eigenvalue weighted by Gasteiger charge is 2.15. The molecule has 0 unspecified atom stereocenters. The van der Waals surface area contributed by atoms with Crippen molar-refractivity contribution in [1.29, 1.82) is 0 Å². The maximum absolute atomic E-state index is 5.70. The molecule has 1 aromatic rings. The molecule has 0 aliphatic carbocycles. The molecule has 108 valence electrons. The van der Waals surface area contributed by atoms with E-state index < -0.39 is 0 Å². The molecule has 4 nitrogen and oxygen atoms in total. The predicted octanol–water partition coefficient (Wildman–Crippen LogP) is 2.49. The molecule has 0 amide bonds. The minimum absolute atomic E-state index is 0.150. The maximum Gasteiger partial charge on any atom is 0.124 e. The van der Waals surface area contributed by atoms with E-state index >= 15 is 0 Å². The first kappa shape index (κ1) is 16.0. The van der Waals surface area contributed by atoms with E-state index in [4.69, 9.17) is 19.9 Å². The van der Waals surface area contributed by atoms with Crippen molar-refractivity contribution in [2.45, 2.75) is 39.0 Å². The maximum atomic E-state index is 5.70. The van der Waals surface area contributed by atoms with Gasteiger partial charge in [-0.2, -0.15) is 0 Å². The summed E-state index contributed by atoms with van der Waals surface area (Å²) < 4.78 is 16.4. The number of methoxy groups -OCH3 is 2. The molecule has 2 N–H and O–H groups in total. The van der Waals surface area contributed by atoms with Gasteiger partial charge in [-0.05, 0) is 38.0 Å². The summed E-state index contributed by atoms with van der Waals surface area (Å²) in [6, 6.07) is 5.93. The third-order valence-electron chi connectivity index (χ3n) is 3.24. The highest BCUT2D eigenvalue weighted by molar-refractivity contribution is 5.36. The molecule has 0 radical (unpaired) electrons. The van der Waals surface area contributed by atoms with Gasteiger partial charge in [-0.3, -0.25) is 0 Å². The summed E-state index contributed by atoms with van der Waals surface area (Å²) >= 11 is 0. The van der Waals surface area contributed by atoms with E-state index in [0.717, 1.165) is 23.3 Å². The van der Waals surface area contributed by atoms with E-state index in [0.29, 0.717) is 19.8 Å². The molecule has 0 saturated heterocycles. The number of nitrogens with two attached hydrogens (primary N) is 1. The molecule has 0 fully saturated rings. The zero-order valence-electron chi connectivity index (χ0n) is 12.4. The molecule has 0 spiro atoms. The lowest BCUT2D eigenvalue weighted by molar-refractivity contribution is -0.0126. The molecule has 0 atom stereocenters. The third-order valence-corrected chi connectivity index (χ3v) is 3.24. The lowest BCUT2D eigenvalue weighted by Crippen LogP contribution is -2.24. The van der Waals surface area contributed by atoms with E-state index in [-0.39, 0.29) is 5.60 Å². The average molecular weight is 267 g/mol. The zero-order chi connectivity index (χ0) is 14.3. The molecule has 1 rings (SSSR count). The Kier molecular flexibility index (Phi) is 6.28. The van der Waals surface area contributed by atoms with E-state index in [1.165, 1.54) is 0 Å². The summed E-state index contributed by atoms with van der Waals surface area (Å²) in [5.74, 6) is 0.836. The van der Waals surface area contributed by atoms with Gasteiger partial charge in [-0.1, -0.05) is 6.07 Å².